The summed E-state index contributed by atoms with van der Waals surface area (Å²) < 4.78 is 2.07. The van der Waals surface area contributed by atoms with Gasteiger partial charge in [0.2, 0.25) is 5.91 Å². The SMILES string of the molecule is CON(C)C(=O)[C@H](Cc1cn(C(c2ccccc2)(c2ccccc2)c2ccccc2)cn1)NC(=O)[C@H](CC(C)C)NC(=O)c1ccccc1-c1ccccc1. The van der Waals surface area contributed by atoms with Crippen LogP contribution in [0.4, 0.5) is 0 Å². The summed E-state index contributed by atoms with van der Waals surface area (Å²) in [7, 11) is 2.89. The third kappa shape index (κ3) is 8.58. The van der Waals surface area contributed by atoms with E-state index < -0.39 is 29.4 Å². The lowest BCUT2D eigenvalue weighted by Gasteiger charge is -2.37. The van der Waals surface area contributed by atoms with Gasteiger partial charge in [-0.15, -0.1) is 0 Å². The highest BCUT2D eigenvalue weighted by molar-refractivity contribution is 6.03. The second kappa shape index (κ2) is 17.7. The molecule has 0 aliphatic rings. The van der Waals surface area contributed by atoms with Gasteiger partial charge >= 0.3 is 0 Å². The molecule has 0 saturated heterocycles. The maximum absolute atomic E-state index is 14.2. The molecule has 1 heterocycles. The number of carbonyl (C=O) groups excluding carboxylic acids is 3. The number of hydrogen-bond acceptors (Lipinski definition) is 5. The third-order valence-electron chi connectivity index (χ3n) is 9.80. The zero-order valence-electron chi connectivity index (χ0n) is 31.6. The number of benzene rings is 5. The minimum atomic E-state index is -1.05. The lowest BCUT2D eigenvalue weighted by molar-refractivity contribution is -0.171. The van der Waals surface area contributed by atoms with Crippen LogP contribution < -0.4 is 10.6 Å². The average molecular weight is 734 g/mol. The molecule has 0 saturated carbocycles. The van der Waals surface area contributed by atoms with Crippen molar-refractivity contribution >= 4 is 17.7 Å². The van der Waals surface area contributed by atoms with Gasteiger partial charge in [0.05, 0.1) is 19.1 Å². The molecule has 9 heteroatoms. The average Bonchev–Trinajstić information content (AvgIpc) is 3.69. The molecule has 0 aliphatic heterocycles. The van der Waals surface area contributed by atoms with Crippen LogP contribution in [-0.2, 0) is 26.4 Å². The standard InChI is InChI=1S/C46H47N5O4/c1-33(2)29-41(48-43(52)40-28-18-17-27-39(40)34-19-9-5-10-20-34)44(53)49-42(45(54)50(3)55-4)30-38-31-51(32-47-38)46(35-21-11-6-12-22-35,36-23-13-7-14-24-36)37-25-15-8-16-26-37/h5-28,31-33,41-42H,29-30H2,1-4H3,(H,48,52)(H,49,53)/t41-,42-/m0/s1. The van der Waals surface area contributed by atoms with Crippen LogP contribution in [0, 0.1) is 5.92 Å². The van der Waals surface area contributed by atoms with Gasteiger partial charge in [0, 0.05) is 25.2 Å². The normalized spacial score (nSPS) is 12.5. The summed E-state index contributed by atoms with van der Waals surface area (Å²) in [6, 6.07) is 45.7. The minimum absolute atomic E-state index is 0.0639. The van der Waals surface area contributed by atoms with Crippen LogP contribution in [0.3, 0.4) is 0 Å². The first kappa shape index (κ1) is 38.4. The van der Waals surface area contributed by atoms with Gasteiger partial charge in [-0.1, -0.05) is 153 Å². The first-order valence-electron chi connectivity index (χ1n) is 18.5. The Balaban J connectivity index is 1.33. The van der Waals surface area contributed by atoms with Gasteiger partial charge < -0.3 is 15.2 Å². The molecule has 6 rings (SSSR count). The second-order valence-corrected chi connectivity index (χ2v) is 13.9. The van der Waals surface area contributed by atoms with Crippen molar-refractivity contribution in [2.75, 3.05) is 14.2 Å². The van der Waals surface area contributed by atoms with E-state index in [4.69, 9.17) is 9.82 Å². The van der Waals surface area contributed by atoms with E-state index in [-0.39, 0.29) is 18.2 Å². The van der Waals surface area contributed by atoms with Gasteiger partial charge in [-0.2, -0.15) is 0 Å². The lowest BCUT2D eigenvalue weighted by atomic mass is 9.77. The summed E-state index contributed by atoms with van der Waals surface area (Å²) >= 11 is 0. The van der Waals surface area contributed by atoms with Crippen LogP contribution in [0.15, 0.2) is 158 Å². The van der Waals surface area contributed by atoms with Crippen LogP contribution in [0.1, 0.15) is 53.0 Å². The van der Waals surface area contributed by atoms with Crippen LogP contribution >= 0.6 is 0 Å². The predicted octanol–water partition coefficient (Wildman–Crippen LogP) is 7.28. The Kier molecular flexibility index (Phi) is 12.3. The Morgan fingerprint density at radius 1 is 0.709 bits per heavy atom. The molecule has 3 amide bonds. The van der Waals surface area contributed by atoms with Crippen molar-refractivity contribution in [3.05, 3.63) is 186 Å². The van der Waals surface area contributed by atoms with E-state index in [1.165, 1.54) is 14.2 Å². The molecule has 2 N–H and O–H groups in total. The van der Waals surface area contributed by atoms with E-state index in [0.717, 1.165) is 32.9 Å². The zero-order chi connectivity index (χ0) is 38.8. The van der Waals surface area contributed by atoms with E-state index in [1.807, 2.05) is 117 Å². The monoisotopic (exact) mass is 733 g/mol. The smallest absolute Gasteiger partial charge is 0.268 e. The maximum atomic E-state index is 14.2. The maximum Gasteiger partial charge on any atom is 0.268 e. The number of rotatable bonds is 15. The molecule has 0 radical (unpaired) electrons. The van der Waals surface area contributed by atoms with Gasteiger partial charge in [-0.05, 0) is 46.2 Å². The Labute approximate surface area is 323 Å². The Morgan fingerprint density at radius 3 is 1.75 bits per heavy atom. The fourth-order valence-corrected chi connectivity index (χ4v) is 7.12. The number of likely N-dealkylation sites (N-methyl/N-ethyl adjacent to an activating group) is 1. The molecular formula is C46H47N5O4. The van der Waals surface area contributed by atoms with Crippen molar-refractivity contribution in [2.45, 2.75) is 44.3 Å². The zero-order valence-corrected chi connectivity index (χ0v) is 31.6. The molecule has 0 spiro atoms. The van der Waals surface area contributed by atoms with E-state index >= 15 is 0 Å². The number of nitrogens with zero attached hydrogens (tertiary/aromatic N) is 3. The van der Waals surface area contributed by atoms with Gasteiger partial charge in [-0.3, -0.25) is 19.2 Å². The van der Waals surface area contributed by atoms with Gasteiger partial charge in [0.1, 0.15) is 17.6 Å². The molecule has 0 bridgehead atoms. The summed E-state index contributed by atoms with van der Waals surface area (Å²) in [5.41, 5.74) is 4.95. The first-order chi connectivity index (χ1) is 26.7. The molecule has 1 aromatic heterocycles. The van der Waals surface area contributed by atoms with E-state index in [2.05, 4.69) is 51.6 Å². The van der Waals surface area contributed by atoms with E-state index in [1.54, 1.807) is 18.5 Å². The number of hydroxylamine groups is 2. The fourth-order valence-electron chi connectivity index (χ4n) is 7.12. The molecule has 0 unspecified atom stereocenters. The number of carbonyl (C=O) groups is 3. The highest BCUT2D eigenvalue weighted by Crippen LogP contribution is 2.40. The van der Waals surface area contributed by atoms with Crippen LogP contribution in [0.2, 0.25) is 0 Å². The lowest BCUT2D eigenvalue weighted by Crippen LogP contribution is -2.55. The molecule has 0 aliphatic carbocycles. The topological polar surface area (TPSA) is 106 Å². The number of hydrogen-bond donors (Lipinski definition) is 2. The summed E-state index contributed by atoms with van der Waals surface area (Å²) in [6.07, 6.45) is 4.13. The largest absolute Gasteiger partial charge is 0.342 e. The van der Waals surface area contributed by atoms with Crippen LogP contribution in [-0.4, -0.2) is 58.6 Å². The Morgan fingerprint density at radius 2 is 1.22 bits per heavy atom. The first-order valence-corrected chi connectivity index (χ1v) is 18.5. The van der Waals surface area contributed by atoms with Crippen molar-refractivity contribution in [3.63, 3.8) is 0 Å². The molecule has 0 fully saturated rings. The third-order valence-corrected chi connectivity index (χ3v) is 9.80. The van der Waals surface area contributed by atoms with E-state index in [9.17, 15) is 14.4 Å². The van der Waals surface area contributed by atoms with Crippen molar-refractivity contribution in [3.8, 4) is 11.1 Å². The van der Waals surface area contributed by atoms with E-state index in [0.29, 0.717) is 17.7 Å². The van der Waals surface area contributed by atoms with Crippen LogP contribution in [0.5, 0.6) is 0 Å². The quantitative estimate of drug-likeness (QED) is 0.0853. The Hall–Kier alpha value is -6.32. The molecule has 55 heavy (non-hydrogen) atoms. The number of aromatic nitrogens is 2. The molecule has 280 valence electrons. The molecule has 6 aromatic rings. The summed E-state index contributed by atoms with van der Waals surface area (Å²) in [6.45, 7) is 3.97. The number of imidazole rings is 1. The summed E-state index contributed by atoms with van der Waals surface area (Å²) in [5, 5.41) is 7.03. The second-order valence-electron chi connectivity index (χ2n) is 13.9. The highest BCUT2D eigenvalue weighted by Gasteiger charge is 2.39. The number of nitrogens with one attached hydrogen (secondary N) is 2. The van der Waals surface area contributed by atoms with Gasteiger partial charge in [-0.25, -0.2) is 10.0 Å². The fraction of sp³-hybridized carbons (Fsp3) is 0.217. The molecule has 9 nitrogen and oxygen atoms in total. The molecule has 2 atom stereocenters. The van der Waals surface area contributed by atoms with Crippen molar-refractivity contribution in [1.82, 2.24) is 25.2 Å². The van der Waals surface area contributed by atoms with Gasteiger partial charge in [0.25, 0.3) is 11.8 Å². The summed E-state index contributed by atoms with van der Waals surface area (Å²) in [5.74, 6) is -1.26. The van der Waals surface area contributed by atoms with Crippen molar-refractivity contribution in [1.29, 1.82) is 0 Å². The number of amides is 3. The summed E-state index contributed by atoms with van der Waals surface area (Å²) in [4.78, 5) is 52.0. The molecule has 5 aromatic carbocycles. The molecular weight excluding hydrogens is 687 g/mol. The Bertz CT molecular complexity index is 2080. The van der Waals surface area contributed by atoms with Crippen LogP contribution in [0.25, 0.3) is 11.1 Å². The van der Waals surface area contributed by atoms with Gasteiger partial charge in [0.15, 0.2) is 0 Å². The van der Waals surface area contributed by atoms with Crippen molar-refractivity contribution < 1.29 is 19.2 Å². The predicted molar refractivity (Wildman–Crippen MR) is 215 cm³/mol. The van der Waals surface area contributed by atoms with Crippen molar-refractivity contribution in [2.24, 2.45) is 5.92 Å². The minimum Gasteiger partial charge on any atom is -0.342 e. The highest BCUT2D eigenvalue weighted by atomic mass is 16.7.